The Labute approximate surface area is 154 Å². The van der Waals surface area contributed by atoms with Crippen molar-refractivity contribution in [3.05, 3.63) is 35.6 Å². The van der Waals surface area contributed by atoms with Crippen molar-refractivity contribution in [2.24, 2.45) is 5.41 Å². The molecule has 3 rings (SSSR count). The van der Waals surface area contributed by atoms with E-state index in [2.05, 4.69) is 4.90 Å². The van der Waals surface area contributed by atoms with Crippen LogP contribution in [0.5, 0.6) is 0 Å². The molecule has 2 heterocycles. The van der Waals surface area contributed by atoms with Crippen LogP contribution in [0.4, 0.5) is 4.39 Å². The zero-order valence-corrected chi connectivity index (χ0v) is 15.7. The van der Waals surface area contributed by atoms with Gasteiger partial charge in [-0.1, -0.05) is 12.1 Å². The van der Waals surface area contributed by atoms with Gasteiger partial charge in [-0.3, -0.25) is 14.5 Å². The van der Waals surface area contributed by atoms with Crippen LogP contribution in [-0.2, 0) is 16.0 Å². The van der Waals surface area contributed by atoms with Gasteiger partial charge in [-0.05, 0) is 43.5 Å². The van der Waals surface area contributed by atoms with Crippen molar-refractivity contribution >= 4 is 11.8 Å². The molecule has 0 unspecified atom stereocenters. The van der Waals surface area contributed by atoms with E-state index < -0.39 is 0 Å². The van der Waals surface area contributed by atoms with Gasteiger partial charge in [-0.2, -0.15) is 0 Å². The SMILES string of the molecule is CN(C)C(=O)CN1CCC[C@@]2(CCN(C(=O)Cc3ccc(F)cc3)C2)C1. The third kappa shape index (κ3) is 4.41. The van der Waals surface area contributed by atoms with E-state index in [1.54, 1.807) is 31.1 Å². The maximum absolute atomic E-state index is 13.0. The molecule has 6 heteroatoms. The van der Waals surface area contributed by atoms with Gasteiger partial charge in [0.25, 0.3) is 0 Å². The molecule has 1 atom stereocenters. The first-order chi connectivity index (χ1) is 12.4. The maximum atomic E-state index is 13.0. The van der Waals surface area contributed by atoms with Crippen LogP contribution in [0, 0.1) is 11.2 Å². The summed E-state index contributed by atoms with van der Waals surface area (Å²) in [7, 11) is 3.57. The molecule has 1 aromatic carbocycles. The fraction of sp³-hybridized carbons (Fsp3) is 0.600. The zero-order chi connectivity index (χ0) is 18.7. The van der Waals surface area contributed by atoms with E-state index in [-0.39, 0.29) is 23.0 Å². The molecule has 2 aliphatic heterocycles. The minimum Gasteiger partial charge on any atom is -0.348 e. The van der Waals surface area contributed by atoms with Crippen LogP contribution in [0.3, 0.4) is 0 Å². The second-order valence-electron chi connectivity index (χ2n) is 7.97. The van der Waals surface area contributed by atoms with Crippen LogP contribution < -0.4 is 0 Å². The van der Waals surface area contributed by atoms with Gasteiger partial charge >= 0.3 is 0 Å². The molecule has 0 aliphatic carbocycles. The van der Waals surface area contributed by atoms with Crippen LogP contribution >= 0.6 is 0 Å². The number of carbonyl (C=O) groups is 2. The largest absolute Gasteiger partial charge is 0.348 e. The number of amides is 2. The van der Waals surface area contributed by atoms with Crippen LogP contribution in [0.15, 0.2) is 24.3 Å². The minimum absolute atomic E-state index is 0.106. The van der Waals surface area contributed by atoms with Crippen LogP contribution in [-0.4, -0.2) is 73.3 Å². The van der Waals surface area contributed by atoms with E-state index in [0.29, 0.717) is 13.0 Å². The number of piperidine rings is 1. The summed E-state index contributed by atoms with van der Waals surface area (Å²) in [5, 5.41) is 0. The highest BCUT2D eigenvalue weighted by molar-refractivity contribution is 5.79. The molecule has 0 N–H and O–H groups in total. The highest BCUT2D eigenvalue weighted by atomic mass is 19.1. The van der Waals surface area contributed by atoms with Crippen LogP contribution in [0.1, 0.15) is 24.8 Å². The molecule has 2 saturated heterocycles. The van der Waals surface area contributed by atoms with Gasteiger partial charge in [0.15, 0.2) is 0 Å². The Bertz CT molecular complexity index is 662. The van der Waals surface area contributed by atoms with Gasteiger partial charge in [0, 0.05) is 39.1 Å². The lowest BCUT2D eigenvalue weighted by Gasteiger charge is -2.40. The van der Waals surface area contributed by atoms with Gasteiger partial charge in [-0.25, -0.2) is 4.39 Å². The summed E-state index contributed by atoms with van der Waals surface area (Å²) in [6, 6.07) is 6.15. The third-order valence-corrected chi connectivity index (χ3v) is 5.66. The summed E-state index contributed by atoms with van der Waals surface area (Å²) in [5.74, 6) is -0.0462. The van der Waals surface area contributed by atoms with Gasteiger partial charge in [-0.15, -0.1) is 0 Å². The number of rotatable bonds is 4. The number of carbonyl (C=O) groups excluding carboxylic acids is 2. The topological polar surface area (TPSA) is 43.9 Å². The van der Waals surface area contributed by atoms with E-state index in [1.807, 2.05) is 4.90 Å². The minimum atomic E-state index is -0.282. The predicted molar refractivity (Wildman–Crippen MR) is 98.1 cm³/mol. The van der Waals surface area contributed by atoms with Crippen molar-refractivity contribution in [2.45, 2.75) is 25.7 Å². The van der Waals surface area contributed by atoms with Crippen molar-refractivity contribution in [3.63, 3.8) is 0 Å². The molecule has 0 radical (unpaired) electrons. The lowest BCUT2D eigenvalue weighted by Crippen LogP contribution is -2.48. The Morgan fingerprint density at radius 2 is 1.85 bits per heavy atom. The van der Waals surface area contributed by atoms with Crippen molar-refractivity contribution in [2.75, 3.05) is 46.8 Å². The number of hydrogen-bond donors (Lipinski definition) is 0. The van der Waals surface area contributed by atoms with E-state index in [4.69, 9.17) is 0 Å². The second-order valence-corrected chi connectivity index (χ2v) is 7.97. The molecular formula is C20H28FN3O2. The summed E-state index contributed by atoms with van der Waals surface area (Å²) in [4.78, 5) is 30.5. The summed E-state index contributed by atoms with van der Waals surface area (Å²) < 4.78 is 13.0. The quantitative estimate of drug-likeness (QED) is 0.821. The van der Waals surface area contributed by atoms with Crippen molar-refractivity contribution < 1.29 is 14.0 Å². The van der Waals surface area contributed by atoms with E-state index in [9.17, 15) is 14.0 Å². The molecule has 26 heavy (non-hydrogen) atoms. The first-order valence-corrected chi connectivity index (χ1v) is 9.32. The number of likely N-dealkylation sites (tertiary alicyclic amines) is 2. The highest BCUT2D eigenvalue weighted by Gasteiger charge is 2.42. The lowest BCUT2D eigenvalue weighted by molar-refractivity contribution is -0.132. The monoisotopic (exact) mass is 361 g/mol. The average molecular weight is 361 g/mol. The van der Waals surface area contributed by atoms with E-state index in [0.717, 1.165) is 51.0 Å². The Kier molecular flexibility index (Phi) is 5.61. The molecule has 1 aromatic rings. The Balaban J connectivity index is 1.57. The van der Waals surface area contributed by atoms with E-state index in [1.165, 1.54) is 12.1 Å². The smallest absolute Gasteiger partial charge is 0.236 e. The Morgan fingerprint density at radius 1 is 1.12 bits per heavy atom. The average Bonchev–Trinajstić information content (AvgIpc) is 3.00. The fourth-order valence-corrected chi connectivity index (χ4v) is 4.15. The fourth-order valence-electron chi connectivity index (χ4n) is 4.15. The molecule has 2 aliphatic rings. The summed E-state index contributed by atoms with van der Waals surface area (Å²) in [5.41, 5.74) is 0.961. The predicted octanol–water partition coefficient (Wildman–Crippen LogP) is 1.77. The molecule has 142 valence electrons. The Hall–Kier alpha value is -1.95. The molecule has 0 aromatic heterocycles. The highest BCUT2D eigenvalue weighted by Crippen LogP contribution is 2.39. The van der Waals surface area contributed by atoms with Crippen molar-refractivity contribution in [1.29, 1.82) is 0 Å². The standard InChI is InChI=1S/C20H28FN3O2/c1-22(2)19(26)13-23-10-3-8-20(14-23)9-11-24(15-20)18(25)12-16-4-6-17(21)7-5-16/h4-7H,3,8-15H2,1-2H3/t20-/m1/s1. The molecular weight excluding hydrogens is 333 g/mol. The van der Waals surface area contributed by atoms with Crippen LogP contribution in [0.2, 0.25) is 0 Å². The van der Waals surface area contributed by atoms with Gasteiger partial charge in [0.2, 0.25) is 11.8 Å². The van der Waals surface area contributed by atoms with Crippen molar-refractivity contribution in [3.8, 4) is 0 Å². The number of benzene rings is 1. The first-order valence-electron chi connectivity index (χ1n) is 9.32. The molecule has 0 saturated carbocycles. The van der Waals surface area contributed by atoms with Crippen LogP contribution in [0.25, 0.3) is 0 Å². The molecule has 1 spiro atoms. The number of likely N-dealkylation sites (N-methyl/N-ethyl adjacent to an activating group) is 1. The third-order valence-electron chi connectivity index (χ3n) is 5.66. The summed E-state index contributed by atoms with van der Waals surface area (Å²) in [6.07, 6.45) is 3.49. The second kappa shape index (κ2) is 7.74. The maximum Gasteiger partial charge on any atom is 0.236 e. The van der Waals surface area contributed by atoms with Crippen molar-refractivity contribution in [1.82, 2.24) is 14.7 Å². The van der Waals surface area contributed by atoms with Gasteiger partial charge < -0.3 is 9.80 Å². The van der Waals surface area contributed by atoms with Gasteiger partial charge in [0.1, 0.15) is 5.82 Å². The first kappa shape index (κ1) is 18.8. The molecule has 2 fully saturated rings. The molecule has 5 nitrogen and oxygen atoms in total. The Morgan fingerprint density at radius 3 is 2.54 bits per heavy atom. The zero-order valence-electron chi connectivity index (χ0n) is 15.7. The number of nitrogens with zero attached hydrogens (tertiary/aromatic N) is 3. The number of hydrogen-bond acceptors (Lipinski definition) is 3. The molecule has 0 bridgehead atoms. The normalized spacial score (nSPS) is 23.4. The summed E-state index contributed by atoms with van der Waals surface area (Å²) in [6.45, 7) is 3.82. The molecule has 2 amide bonds. The number of halogens is 1. The lowest BCUT2D eigenvalue weighted by atomic mass is 9.79. The van der Waals surface area contributed by atoms with Gasteiger partial charge in [0.05, 0.1) is 13.0 Å². The van der Waals surface area contributed by atoms with E-state index >= 15 is 0 Å². The summed E-state index contributed by atoms with van der Waals surface area (Å²) >= 11 is 0.